The molecule has 28 heavy (non-hydrogen) atoms. The molecule has 0 aliphatic heterocycles. The largest absolute Gasteiger partial charge is 0.462 e. The van der Waals surface area contributed by atoms with Crippen LogP contribution in [0.4, 0.5) is 0 Å². The van der Waals surface area contributed by atoms with Gasteiger partial charge in [-0.1, -0.05) is 17.4 Å². The summed E-state index contributed by atoms with van der Waals surface area (Å²) in [7, 11) is 0. The minimum absolute atomic E-state index is 0.0546. The molecule has 0 aliphatic carbocycles. The monoisotopic (exact) mass is 398 g/mol. The fourth-order valence-electron chi connectivity index (χ4n) is 2.84. The molecule has 7 nitrogen and oxygen atoms in total. The number of hydrogen-bond acceptors (Lipinski definition) is 5. The number of amides is 1. The van der Waals surface area contributed by atoms with Crippen molar-refractivity contribution in [2.45, 2.75) is 33.4 Å². The van der Waals surface area contributed by atoms with Crippen LogP contribution >= 0.6 is 11.3 Å². The number of ether oxygens (including phenoxy) is 1. The van der Waals surface area contributed by atoms with Crippen LogP contribution in [-0.2, 0) is 11.3 Å². The second kappa shape index (κ2) is 8.35. The number of fused-ring (bicyclic) bond motifs is 1. The SMILES string of the molecule is C=CCn1c(=NC(=O)c2ccnn2C(C)C)sc2cc(C(=O)OCC)ccc21. The molecule has 3 aromatic rings. The van der Waals surface area contributed by atoms with Crippen LogP contribution in [0.5, 0.6) is 0 Å². The van der Waals surface area contributed by atoms with Gasteiger partial charge in [-0.25, -0.2) is 4.79 Å². The molecule has 8 heteroatoms. The summed E-state index contributed by atoms with van der Waals surface area (Å²) < 4.78 is 9.46. The first-order chi connectivity index (χ1) is 13.5. The van der Waals surface area contributed by atoms with Crippen molar-refractivity contribution in [3.8, 4) is 0 Å². The van der Waals surface area contributed by atoms with Gasteiger partial charge in [0.15, 0.2) is 4.80 Å². The maximum Gasteiger partial charge on any atom is 0.338 e. The Labute approximate surface area is 166 Å². The maximum absolute atomic E-state index is 12.8. The van der Waals surface area contributed by atoms with Crippen LogP contribution in [0.2, 0.25) is 0 Å². The highest BCUT2D eigenvalue weighted by molar-refractivity contribution is 7.16. The Morgan fingerprint density at radius 3 is 2.82 bits per heavy atom. The lowest BCUT2D eigenvalue weighted by molar-refractivity contribution is 0.0526. The van der Waals surface area contributed by atoms with Gasteiger partial charge in [-0.3, -0.25) is 9.48 Å². The van der Waals surface area contributed by atoms with E-state index in [0.717, 1.165) is 10.2 Å². The molecule has 3 rings (SSSR count). The number of benzene rings is 1. The molecular weight excluding hydrogens is 376 g/mol. The van der Waals surface area contributed by atoms with Gasteiger partial charge >= 0.3 is 5.97 Å². The van der Waals surface area contributed by atoms with Gasteiger partial charge in [0.25, 0.3) is 5.91 Å². The molecule has 0 fully saturated rings. The van der Waals surface area contributed by atoms with Crippen LogP contribution in [-0.4, -0.2) is 32.8 Å². The van der Waals surface area contributed by atoms with Gasteiger partial charge in [0.05, 0.1) is 22.4 Å². The van der Waals surface area contributed by atoms with E-state index in [1.165, 1.54) is 11.3 Å². The van der Waals surface area contributed by atoms with Crippen LogP contribution in [0.15, 0.2) is 48.1 Å². The third-order valence-electron chi connectivity index (χ3n) is 4.08. The van der Waals surface area contributed by atoms with Gasteiger partial charge in [-0.05, 0) is 45.0 Å². The van der Waals surface area contributed by atoms with Crippen molar-refractivity contribution in [1.29, 1.82) is 0 Å². The number of hydrogen-bond donors (Lipinski definition) is 0. The first kappa shape index (κ1) is 19.8. The molecule has 0 spiro atoms. The summed E-state index contributed by atoms with van der Waals surface area (Å²) in [6.07, 6.45) is 3.34. The first-order valence-corrected chi connectivity index (χ1v) is 9.81. The Hall–Kier alpha value is -3.00. The fourth-order valence-corrected chi connectivity index (χ4v) is 3.92. The van der Waals surface area contributed by atoms with Gasteiger partial charge in [-0.15, -0.1) is 6.58 Å². The van der Waals surface area contributed by atoms with Gasteiger partial charge in [0.1, 0.15) is 5.69 Å². The van der Waals surface area contributed by atoms with E-state index in [0.29, 0.717) is 29.2 Å². The van der Waals surface area contributed by atoms with Crippen molar-refractivity contribution in [3.05, 3.63) is 59.2 Å². The quantitative estimate of drug-likeness (QED) is 0.470. The standard InChI is InChI=1S/C20H22N4O3S/c1-5-11-23-15-8-7-14(19(26)27-6-2)12-17(15)28-20(23)22-18(25)16-9-10-21-24(16)13(3)4/h5,7-10,12-13H,1,6,11H2,2-4H3. The lowest BCUT2D eigenvalue weighted by Gasteiger charge is -2.07. The Morgan fingerprint density at radius 2 is 2.14 bits per heavy atom. The van der Waals surface area contributed by atoms with Crippen LogP contribution in [0, 0.1) is 0 Å². The van der Waals surface area contributed by atoms with Crippen molar-refractivity contribution >= 4 is 33.4 Å². The number of nitrogens with zero attached hydrogens (tertiary/aromatic N) is 4. The van der Waals surface area contributed by atoms with Crippen molar-refractivity contribution < 1.29 is 14.3 Å². The van der Waals surface area contributed by atoms with E-state index in [-0.39, 0.29) is 17.9 Å². The summed E-state index contributed by atoms with van der Waals surface area (Å²) in [5.41, 5.74) is 1.78. The molecule has 0 radical (unpaired) electrons. The van der Waals surface area contributed by atoms with Gasteiger partial charge in [0.2, 0.25) is 0 Å². The van der Waals surface area contributed by atoms with Crippen LogP contribution < -0.4 is 4.80 Å². The molecule has 0 bridgehead atoms. The highest BCUT2D eigenvalue weighted by Crippen LogP contribution is 2.20. The zero-order chi connectivity index (χ0) is 20.3. The normalized spacial score (nSPS) is 11.9. The van der Waals surface area contributed by atoms with Crippen molar-refractivity contribution in [2.24, 2.45) is 4.99 Å². The number of rotatable bonds is 6. The Balaban J connectivity index is 2.11. The van der Waals surface area contributed by atoms with Crippen LogP contribution in [0.1, 0.15) is 47.7 Å². The Morgan fingerprint density at radius 1 is 1.36 bits per heavy atom. The Bertz CT molecular complexity index is 1100. The Kier molecular flexibility index (Phi) is 5.89. The molecule has 2 heterocycles. The molecular formula is C20H22N4O3S. The average molecular weight is 398 g/mol. The van der Waals surface area contributed by atoms with E-state index in [1.807, 2.05) is 24.5 Å². The second-order valence-electron chi connectivity index (χ2n) is 6.36. The van der Waals surface area contributed by atoms with E-state index in [4.69, 9.17) is 4.74 Å². The summed E-state index contributed by atoms with van der Waals surface area (Å²) in [5.74, 6) is -0.732. The molecule has 1 amide bonds. The smallest absolute Gasteiger partial charge is 0.338 e. The fraction of sp³-hybridized carbons (Fsp3) is 0.300. The zero-order valence-electron chi connectivity index (χ0n) is 16.1. The molecule has 146 valence electrons. The van der Waals surface area contributed by atoms with E-state index in [2.05, 4.69) is 16.7 Å². The number of carbonyl (C=O) groups excluding carboxylic acids is 2. The van der Waals surface area contributed by atoms with Gasteiger partial charge < -0.3 is 9.30 Å². The van der Waals surface area contributed by atoms with Crippen molar-refractivity contribution in [3.63, 3.8) is 0 Å². The van der Waals surface area contributed by atoms with E-state index >= 15 is 0 Å². The zero-order valence-corrected chi connectivity index (χ0v) is 16.9. The predicted molar refractivity (Wildman–Crippen MR) is 108 cm³/mol. The number of aromatic nitrogens is 3. The number of thiazole rings is 1. The van der Waals surface area contributed by atoms with E-state index in [9.17, 15) is 9.59 Å². The molecule has 1 aromatic carbocycles. The van der Waals surface area contributed by atoms with Crippen molar-refractivity contribution in [2.75, 3.05) is 6.61 Å². The molecule has 0 saturated carbocycles. The summed E-state index contributed by atoms with van der Waals surface area (Å²) >= 11 is 1.34. The maximum atomic E-state index is 12.8. The highest BCUT2D eigenvalue weighted by atomic mass is 32.1. The lowest BCUT2D eigenvalue weighted by Crippen LogP contribution is -2.18. The average Bonchev–Trinajstić information content (AvgIpc) is 3.27. The molecule has 0 aliphatic rings. The van der Waals surface area contributed by atoms with E-state index < -0.39 is 0 Å². The molecule has 2 aromatic heterocycles. The first-order valence-electron chi connectivity index (χ1n) is 9.00. The topological polar surface area (TPSA) is 78.5 Å². The minimum atomic E-state index is -0.372. The summed E-state index contributed by atoms with van der Waals surface area (Å²) in [6.45, 7) is 10.3. The third kappa shape index (κ3) is 3.82. The molecule has 0 N–H and O–H groups in total. The van der Waals surface area contributed by atoms with Gasteiger partial charge in [-0.2, -0.15) is 10.1 Å². The summed E-state index contributed by atoms with van der Waals surface area (Å²) in [5, 5.41) is 4.19. The number of carbonyl (C=O) groups is 2. The molecule has 0 atom stereocenters. The molecule has 0 unspecified atom stereocenters. The van der Waals surface area contributed by atoms with Crippen LogP contribution in [0.3, 0.4) is 0 Å². The lowest BCUT2D eigenvalue weighted by atomic mass is 10.2. The minimum Gasteiger partial charge on any atom is -0.462 e. The number of allylic oxidation sites excluding steroid dienone is 1. The summed E-state index contributed by atoms with van der Waals surface area (Å²) in [4.78, 5) is 29.6. The van der Waals surface area contributed by atoms with Crippen LogP contribution in [0.25, 0.3) is 10.2 Å². The highest BCUT2D eigenvalue weighted by Gasteiger charge is 2.15. The second-order valence-corrected chi connectivity index (χ2v) is 7.37. The number of esters is 1. The van der Waals surface area contributed by atoms with E-state index in [1.54, 1.807) is 42.1 Å². The third-order valence-corrected chi connectivity index (χ3v) is 5.12. The predicted octanol–water partition coefficient (Wildman–Crippen LogP) is 3.58. The molecule has 0 saturated heterocycles. The van der Waals surface area contributed by atoms with Crippen molar-refractivity contribution in [1.82, 2.24) is 14.3 Å². The summed E-state index contributed by atoms with van der Waals surface area (Å²) in [6, 6.07) is 7.03. The van der Waals surface area contributed by atoms with Gasteiger partial charge in [0, 0.05) is 18.8 Å².